The summed E-state index contributed by atoms with van der Waals surface area (Å²) in [5.74, 6) is -0.561. The van der Waals surface area contributed by atoms with Gasteiger partial charge in [0.05, 0.1) is 5.52 Å². The average molecular weight is 315 g/mol. The number of para-hydroxylation sites is 2. The van der Waals surface area contributed by atoms with E-state index < -0.39 is 11.9 Å². The Bertz CT molecular complexity index is 827. The molecule has 1 atom stereocenters. The fourth-order valence-electron chi connectivity index (χ4n) is 2.52. The number of hydrogen-bond donors (Lipinski definition) is 0. The number of benzene rings is 1. The van der Waals surface area contributed by atoms with Gasteiger partial charge in [0.1, 0.15) is 6.10 Å². The fourth-order valence-corrected chi connectivity index (χ4v) is 2.52. The summed E-state index contributed by atoms with van der Waals surface area (Å²) in [6.45, 7) is 1.66. The number of nitrogens with zero attached hydrogens (tertiary/aromatic N) is 1. The summed E-state index contributed by atoms with van der Waals surface area (Å²) in [7, 11) is 0. The number of allylic oxidation sites excluding steroid dienone is 2. The average Bonchev–Trinajstić information content (AvgIpc) is 2.89. The van der Waals surface area contributed by atoms with Crippen LogP contribution >= 0.6 is 0 Å². The lowest BCUT2D eigenvalue weighted by Crippen LogP contribution is -2.22. The number of oxazole rings is 1. The van der Waals surface area contributed by atoms with Gasteiger partial charge >= 0.3 is 11.9 Å². The van der Waals surface area contributed by atoms with Crippen molar-refractivity contribution in [1.82, 2.24) is 4.57 Å². The van der Waals surface area contributed by atoms with Gasteiger partial charge in [-0.15, -0.1) is 0 Å². The maximum atomic E-state index is 12.0. The zero-order valence-electron chi connectivity index (χ0n) is 12.7. The first-order valence-electron chi connectivity index (χ1n) is 7.51. The molecule has 1 aliphatic rings. The summed E-state index contributed by atoms with van der Waals surface area (Å²) < 4.78 is 16.8. The zero-order valence-corrected chi connectivity index (χ0v) is 12.7. The largest absolute Gasteiger partial charge is 0.515 e. The highest BCUT2D eigenvalue weighted by molar-refractivity contribution is 5.77. The number of rotatable bonds is 3. The molecule has 1 aromatic heterocycles. The molecule has 0 N–H and O–H groups in total. The standard InChI is InChI=1S/C17H17NO5/c1-2-15(23-17(20)21-12-8-4-3-5-9-12)18-13-10-6-7-11-14(13)22-16(18)19/h2,4,6-8,10-12H,3,5,9H2,1H3/b15-2+. The molecule has 0 spiro atoms. The van der Waals surface area contributed by atoms with Crippen molar-refractivity contribution in [2.24, 2.45) is 0 Å². The van der Waals surface area contributed by atoms with Crippen molar-refractivity contribution in [3.8, 4) is 0 Å². The van der Waals surface area contributed by atoms with E-state index in [1.165, 1.54) is 10.6 Å². The van der Waals surface area contributed by atoms with Gasteiger partial charge in [-0.25, -0.2) is 14.2 Å². The van der Waals surface area contributed by atoms with E-state index >= 15 is 0 Å². The van der Waals surface area contributed by atoms with E-state index in [4.69, 9.17) is 13.9 Å². The van der Waals surface area contributed by atoms with E-state index in [0.717, 1.165) is 19.3 Å². The normalized spacial score (nSPS) is 18.1. The third-order valence-corrected chi connectivity index (χ3v) is 3.60. The van der Waals surface area contributed by atoms with Crippen LogP contribution in [0.25, 0.3) is 17.0 Å². The molecule has 0 saturated carbocycles. The predicted molar refractivity (Wildman–Crippen MR) is 84.8 cm³/mol. The van der Waals surface area contributed by atoms with Gasteiger partial charge in [0.25, 0.3) is 0 Å². The fraction of sp³-hybridized carbons (Fsp3) is 0.294. The first kappa shape index (κ1) is 15.1. The highest BCUT2D eigenvalue weighted by Crippen LogP contribution is 2.19. The Balaban J connectivity index is 1.81. The van der Waals surface area contributed by atoms with E-state index in [9.17, 15) is 9.59 Å². The van der Waals surface area contributed by atoms with E-state index in [0.29, 0.717) is 11.1 Å². The second-order valence-electron chi connectivity index (χ2n) is 5.17. The molecule has 0 saturated heterocycles. The Morgan fingerprint density at radius 1 is 1.39 bits per heavy atom. The first-order chi connectivity index (χ1) is 11.2. The minimum Gasteiger partial charge on any atom is -0.426 e. The van der Waals surface area contributed by atoms with Gasteiger partial charge in [-0.1, -0.05) is 18.2 Å². The monoisotopic (exact) mass is 315 g/mol. The molecular formula is C17H17NO5. The number of ether oxygens (including phenoxy) is 2. The Morgan fingerprint density at radius 2 is 2.22 bits per heavy atom. The summed E-state index contributed by atoms with van der Waals surface area (Å²) >= 11 is 0. The van der Waals surface area contributed by atoms with Gasteiger partial charge in [-0.05, 0) is 50.5 Å². The third-order valence-electron chi connectivity index (χ3n) is 3.60. The molecule has 1 aromatic carbocycles. The van der Waals surface area contributed by atoms with Crippen molar-refractivity contribution >= 4 is 23.1 Å². The summed E-state index contributed by atoms with van der Waals surface area (Å²) in [6, 6.07) is 6.91. The summed E-state index contributed by atoms with van der Waals surface area (Å²) in [5.41, 5.74) is 0.944. The number of carbonyl (C=O) groups excluding carboxylic acids is 1. The summed E-state index contributed by atoms with van der Waals surface area (Å²) in [6.07, 6.45) is 6.94. The topological polar surface area (TPSA) is 70.7 Å². The highest BCUT2D eigenvalue weighted by Gasteiger charge is 2.20. The van der Waals surface area contributed by atoms with E-state index in [1.807, 2.05) is 12.2 Å². The lowest BCUT2D eigenvalue weighted by molar-refractivity contribution is 0.0608. The van der Waals surface area contributed by atoms with Gasteiger partial charge in [0.15, 0.2) is 5.58 Å². The summed E-state index contributed by atoms with van der Waals surface area (Å²) in [5, 5.41) is 0. The summed E-state index contributed by atoms with van der Waals surface area (Å²) in [4.78, 5) is 24.0. The number of carbonyl (C=O) groups is 1. The van der Waals surface area contributed by atoms with Gasteiger partial charge in [-0.3, -0.25) is 0 Å². The third kappa shape index (κ3) is 3.21. The number of fused-ring (bicyclic) bond motifs is 1. The molecule has 6 nitrogen and oxygen atoms in total. The van der Waals surface area contributed by atoms with Gasteiger partial charge < -0.3 is 13.9 Å². The molecule has 2 aromatic rings. The van der Waals surface area contributed by atoms with Crippen LogP contribution in [0.4, 0.5) is 4.79 Å². The molecule has 1 unspecified atom stereocenters. The molecular weight excluding hydrogens is 298 g/mol. The molecule has 3 rings (SSSR count). The number of hydrogen-bond acceptors (Lipinski definition) is 5. The van der Waals surface area contributed by atoms with E-state index in [2.05, 4.69) is 0 Å². The van der Waals surface area contributed by atoms with Crippen molar-refractivity contribution in [2.45, 2.75) is 32.3 Å². The quantitative estimate of drug-likeness (QED) is 0.491. The maximum Gasteiger partial charge on any atom is 0.515 e. The van der Waals surface area contributed by atoms with Crippen LogP contribution < -0.4 is 5.76 Å². The van der Waals surface area contributed by atoms with Crippen LogP contribution in [0.2, 0.25) is 0 Å². The molecule has 120 valence electrons. The lowest BCUT2D eigenvalue weighted by atomic mass is 10.1. The predicted octanol–water partition coefficient (Wildman–Crippen LogP) is 3.67. The van der Waals surface area contributed by atoms with Crippen LogP contribution in [0.1, 0.15) is 26.2 Å². The van der Waals surface area contributed by atoms with Crippen molar-refractivity contribution in [3.63, 3.8) is 0 Å². The van der Waals surface area contributed by atoms with Crippen molar-refractivity contribution in [1.29, 1.82) is 0 Å². The second kappa shape index (κ2) is 6.56. The van der Waals surface area contributed by atoms with Crippen LogP contribution in [0, 0.1) is 0 Å². The SMILES string of the molecule is C/C=C(/OC(=O)OC1C=CCCC1)n1c(=O)oc2ccccc21. The van der Waals surface area contributed by atoms with Crippen LogP contribution in [0.15, 0.2) is 51.7 Å². The molecule has 0 aliphatic heterocycles. The van der Waals surface area contributed by atoms with Gasteiger partial charge in [0, 0.05) is 0 Å². The van der Waals surface area contributed by atoms with E-state index in [1.54, 1.807) is 31.2 Å². The van der Waals surface area contributed by atoms with Crippen molar-refractivity contribution < 1.29 is 18.7 Å². The Hall–Kier alpha value is -2.76. The molecule has 0 bridgehead atoms. The van der Waals surface area contributed by atoms with Crippen LogP contribution in [0.5, 0.6) is 0 Å². The van der Waals surface area contributed by atoms with Crippen LogP contribution in [0.3, 0.4) is 0 Å². The molecule has 0 radical (unpaired) electrons. The van der Waals surface area contributed by atoms with Gasteiger partial charge in [-0.2, -0.15) is 0 Å². The second-order valence-corrected chi connectivity index (χ2v) is 5.17. The Kier molecular flexibility index (Phi) is 4.32. The van der Waals surface area contributed by atoms with E-state index in [-0.39, 0.29) is 12.0 Å². The van der Waals surface area contributed by atoms with Crippen molar-refractivity contribution in [3.05, 3.63) is 53.0 Å². The highest BCUT2D eigenvalue weighted by atomic mass is 16.7. The molecule has 1 aliphatic carbocycles. The van der Waals surface area contributed by atoms with Crippen LogP contribution in [-0.2, 0) is 9.47 Å². The van der Waals surface area contributed by atoms with Crippen LogP contribution in [-0.4, -0.2) is 16.8 Å². The Morgan fingerprint density at radius 3 is 2.96 bits per heavy atom. The lowest BCUT2D eigenvalue weighted by Gasteiger charge is -2.17. The first-order valence-corrected chi connectivity index (χ1v) is 7.51. The zero-order chi connectivity index (χ0) is 16.2. The molecule has 1 heterocycles. The van der Waals surface area contributed by atoms with Crippen molar-refractivity contribution in [2.75, 3.05) is 0 Å². The smallest absolute Gasteiger partial charge is 0.426 e. The molecule has 0 fully saturated rings. The minimum absolute atomic E-state index is 0.0599. The number of aromatic nitrogens is 1. The molecule has 23 heavy (non-hydrogen) atoms. The minimum atomic E-state index is -0.841. The maximum absolute atomic E-state index is 12.0. The van der Waals surface area contributed by atoms with Gasteiger partial charge in [0.2, 0.25) is 5.88 Å². The molecule has 6 heteroatoms. The molecule has 0 amide bonds. The Labute approximate surface area is 132 Å².